The SMILES string of the molecule is CN1CCc2ccc(NC(=O)[C@@H](CNC(=O)CCCC(=O)O)NC(=O)c3ccc(Cl)s3)cc2CC1. The van der Waals surface area contributed by atoms with Gasteiger partial charge in [-0.05, 0) is 61.7 Å². The number of rotatable bonds is 10. The Morgan fingerprint density at radius 2 is 1.83 bits per heavy atom. The van der Waals surface area contributed by atoms with E-state index in [9.17, 15) is 19.2 Å². The highest BCUT2D eigenvalue weighted by Gasteiger charge is 2.24. The van der Waals surface area contributed by atoms with Gasteiger partial charge in [0, 0.05) is 38.2 Å². The minimum Gasteiger partial charge on any atom is -0.481 e. The first-order valence-corrected chi connectivity index (χ1v) is 12.6. The van der Waals surface area contributed by atoms with E-state index in [1.54, 1.807) is 12.1 Å². The summed E-state index contributed by atoms with van der Waals surface area (Å²) < 4.78 is 0.443. The molecular weight excluding hydrogens is 492 g/mol. The first-order valence-electron chi connectivity index (χ1n) is 11.4. The normalized spacial score (nSPS) is 14.3. The number of carboxylic acid groups (broad SMARTS) is 1. The maximum atomic E-state index is 13.1. The number of nitrogens with one attached hydrogen (secondary N) is 3. The third-order valence-corrected chi connectivity index (χ3v) is 6.95. The molecule has 0 fully saturated rings. The summed E-state index contributed by atoms with van der Waals surface area (Å²) in [6.07, 6.45) is 1.88. The van der Waals surface area contributed by atoms with Crippen LogP contribution in [0, 0.1) is 0 Å². The van der Waals surface area contributed by atoms with Gasteiger partial charge in [0.15, 0.2) is 0 Å². The third kappa shape index (κ3) is 8.34. The second kappa shape index (κ2) is 12.7. The molecule has 11 heteroatoms. The van der Waals surface area contributed by atoms with Crippen molar-refractivity contribution in [3.63, 3.8) is 0 Å². The van der Waals surface area contributed by atoms with E-state index in [1.165, 1.54) is 11.1 Å². The number of anilines is 1. The number of amides is 3. The fraction of sp³-hybridized carbons (Fsp3) is 0.417. The molecule has 9 nitrogen and oxygen atoms in total. The second-order valence-electron chi connectivity index (χ2n) is 8.46. The van der Waals surface area contributed by atoms with Gasteiger partial charge in [0.2, 0.25) is 11.8 Å². The molecule has 188 valence electrons. The van der Waals surface area contributed by atoms with Crippen LogP contribution in [0.25, 0.3) is 0 Å². The van der Waals surface area contributed by atoms with Crippen LogP contribution in [-0.2, 0) is 27.2 Å². The molecule has 3 rings (SSSR count). The Kier molecular flexibility index (Phi) is 9.64. The van der Waals surface area contributed by atoms with Crippen LogP contribution in [0.2, 0.25) is 4.34 Å². The number of fused-ring (bicyclic) bond motifs is 1. The van der Waals surface area contributed by atoms with Crippen molar-refractivity contribution in [3.05, 3.63) is 50.7 Å². The van der Waals surface area contributed by atoms with E-state index < -0.39 is 29.7 Å². The Hall–Kier alpha value is -2.95. The number of benzene rings is 1. The highest BCUT2D eigenvalue weighted by atomic mass is 35.5. The summed E-state index contributed by atoms with van der Waals surface area (Å²) >= 11 is 7.00. The van der Waals surface area contributed by atoms with Crippen LogP contribution < -0.4 is 16.0 Å². The van der Waals surface area contributed by atoms with Gasteiger partial charge >= 0.3 is 5.97 Å². The Balaban J connectivity index is 1.67. The molecule has 1 aromatic heterocycles. The Bertz CT molecular complexity index is 1090. The molecule has 0 saturated carbocycles. The standard InChI is InChI=1S/C24H29ClN4O5S/c1-29-11-9-15-5-6-17(13-16(15)10-12-29)27-23(33)18(14-26-21(30)3-2-4-22(31)32)28-24(34)19-7-8-20(25)35-19/h5-8,13,18H,2-4,9-12,14H2,1H3,(H,26,30)(H,27,33)(H,28,34)(H,31,32)/t18-/m1/s1. The zero-order valence-corrected chi connectivity index (χ0v) is 21.0. The van der Waals surface area contributed by atoms with Crippen molar-refractivity contribution in [2.24, 2.45) is 0 Å². The molecule has 35 heavy (non-hydrogen) atoms. The number of halogens is 1. The molecule has 4 N–H and O–H groups in total. The van der Waals surface area contributed by atoms with Crippen molar-refractivity contribution < 1.29 is 24.3 Å². The van der Waals surface area contributed by atoms with Crippen LogP contribution in [0.1, 0.15) is 40.1 Å². The van der Waals surface area contributed by atoms with Gasteiger partial charge in [0.25, 0.3) is 5.91 Å². The predicted octanol–water partition coefficient (Wildman–Crippen LogP) is 2.54. The average Bonchev–Trinajstić information content (AvgIpc) is 3.16. The summed E-state index contributed by atoms with van der Waals surface area (Å²) in [7, 11) is 2.08. The van der Waals surface area contributed by atoms with Crippen molar-refractivity contribution in [3.8, 4) is 0 Å². The average molecular weight is 521 g/mol. The second-order valence-corrected chi connectivity index (χ2v) is 10.2. The maximum Gasteiger partial charge on any atom is 0.303 e. The zero-order valence-electron chi connectivity index (χ0n) is 19.4. The number of carbonyl (C=O) groups excluding carboxylic acids is 3. The molecule has 0 saturated heterocycles. The zero-order chi connectivity index (χ0) is 25.4. The molecule has 0 aliphatic carbocycles. The lowest BCUT2D eigenvalue weighted by Crippen LogP contribution is -2.50. The van der Waals surface area contributed by atoms with Crippen LogP contribution in [-0.4, -0.2) is 66.4 Å². The van der Waals surface area contributed by atoms with Crippen molar-refractivity contribution in [1.82, 2.24) is 15.5 Å². The molecule has 2 aromatic rings. The molecule has 3 amide bonds. The maximum absolute atomic E-state index is 13.1. The third-order valence-electron chi connectivity index (χ3n) is 5.72. The lowest BCUT2D eigenvalue weighted by Gasteiger charge is -2.19. The van der Waals surface area contributed by atoms with Gasteiger partial charge in [-0.3, -0.25) is 19.2 Å². The molecular formula is C24H29ClN4O5S. The number of likely N-dealkylation sites (N-methyl/N-ethyl adjacent to an activating group) is 1. The Morgan fingerprint density at radius 1 is 1.09 bits per heavy atom. The van der Waals surface area contributed by atoms with Crippen LogP contribution in [0.4, 0.5) is 5.69 Å². The monoisotopic (exact) mass is 520 g/mol. The van der Waals surface area contributed by atoms with E-state index in [2.05, 4.69) is 27.9 Å². The molecule has 1 atom stereocenters. The lowest BCUT2D eigenvalue weighted by atomic mass is 10.0. The summed E-state index contributed by atoms with van der Waals surface area (Å²) in [6.45, 7) is 1.77. The van der Waals surface area contributed by atoms with Gasteiger partial charge in [0.05, 0.1) is 9.21 Å². The molecule has 0 bridgehead atoms. The van der Waals surface area contributed by atoms with Gasteiger partial charge < -0.3 is 26.0 Å². The highest BCUT2D eigenvalue weighted by molar-refractivity contribution is 7.18. The van der Waals surface area contributed by atoms with Gasteiger partial charge in [-0.1, -0.05) is 17.7 Å². The minimum atomic E-state index is -1.04. The van der Waals surface area contributed by atoms with Crippen LogP contribution in [0.3, 0.4) is 0 Å². The molecule has 1 aliphatic heterocycles. The van der Waals surface area contributed by atoms with E-state index in [0.29, 0.717) is 14.9 Å². The van der Waals surface area contributed by atoms with Crippen molar-refractivity contribution in [2.45, 2.75) is 38.1 Å². The molecule has 1 aliphatic rings. The summed E-state index contributed by atoms with van der Waals surface area (Å²) in [4.78, 5) is 51.1. The van der Waals surface area contributed by atoms with Crippen LogP contribution >= 0.6 is 22.9 Å². The first kappa shape index (κ1) is 26.7. The fourth-order valence-electron chi connectivity index (χ4n) is 3.72. The number of aliphatic carboxylic acids is 1. The molecule has 0 spiro atoms. The molecule has 0 unspecified atom stereocenters. The topological polar surface area (TPSA) is 128 Å². The predicted molar refractivity (Wildman–Crippen MR) is 135 cm³/mol. The quantitative estimate of drug-likeness (QED) is 0.381. The number of hydrogen-bond donors (Lipinski definition) is 4. The van der Waals surface area contributed by atoms with Crippen molar-refractivity contribution in [2.75, 3.05) is 32.0 Å². The summed E-state index contributed by atoms with van der Waals surface area (Å²) in [6, 6.07) is 7.91. The largest absolute Gasteiger partial charge is 0.481 e. The lowest BCUT2D eigenvalue weighted by molar-refractivity contribution is -0.137. The van der Waals surface area contributed by atoms with E-state index in [-0.39, 0.29) is 25.8 Å². The van der Waals surface area contributed by atoms with Crippen LogP contribution in [0.15, 0.2) is 30.3 Å². The Morgan fingerprint density at radius 3 is 2.51 bits per heavy atom. The number of hydrogen-bond acceptors (Lipinski definition) is 6. The van der Waals surface area contributed by atoms with Crippen molar-refractivity contribution >= 4 is 52.3 Å². The van der Waals surface area contributed by atoms with Crippen molar-refractivity contribution in [1.29, 1.82) is 0 Å². The number of carbonyl (C=O) groups is 4. The van der Waals surface area contributed by atoms with Crippen LogP contribution in [0.5, 0.6) is 0 Å². The smallest absolute Gasteiger partial charge is 0.303 e. The van der Waals surface area contributed by atoms with E-state index in [1.807, 2.05) is 18.2 Å². The molecule has 2 heterocycles. The molecule has 0 radical (unpaired) electrons. The van der Waals surface area contributed by atoms with Gasteiger partial charge in [-0.25, -0.2) is 0 Å². The number of thiophene rings is 1. The van der Waals surface area contributed by atoms with E-state index >= 15 is 0 Å². The number of carboxylic acids is 1. The minimum absolute atomic E-state index is 0.00832. The fourth-order valence-corrected chi connectivity index (χ4v) is 4.67. The van der Waals surface area contributed by atoms with Gasteiger partial charge in [-0.15, -0.1) is 11.3 Å². The van der Waals surface area contributed by atoms with Gasteiger partial charge in [-0.2, -0.15) is 0 Å². The van der Waals surface area contributed by atoms with Gasteiger partial charge in [0.1, 0.15) is 6.04 Å². The number of nitrogens with zero attached hydrogens (tertiary/aromatic N) is 1. The summed E-state index contributed by atoms with van der Waals surface area (Å²) in [5.41, 5.74) is 3.04. The van der Waals surface area contributed by atoms with E-state index in [4.69, 9.17) is 16.7 Å². The molecule has 1 aromatic carbocycles. The summed E-state index contributed by atoms with van der Waals surface area (Å²) in [5, 5.41) is 16.8. The Labute approximate surface area is 212 Å². The summed E-state index contributed by atoms with van der Waals surface area (Å²) in [5.74, 6) is -2.33. The van der Waals surface area contributed by atoms with E-state index in [0.717, 1.165) is 37.3 Å². The first-order chi connectivity index (χ1) is 16.7. The highest BCUT2D eigenvalue weighted by Crippen LogP contribution is 2.22.